The van der Waals surface area contributed by atoms with Crippen LogP contribution in [0, 0.1) is 0 Å². The van der Waals surface area contributed by atoms with Crippen molar-refractivity contribution in [3.8, 4) is 0 Å². The summed E-state index contributed by atoms with van der Waals surface area (Å²) in [6.45, 7) is 4.62. The SMILES string of the molecule is O=C1C(SCc2ccco2)=C(c2cccs2)C(=O)N1CCCN1CCOCC1. The second-order valence-corrected chi connectivity index (χ2v) is 8.55. The summed E-state index contributed by atoms with van der Waals surface area (Å²) in [5.41, 5.74) is 0.530. The molecule has 8 heteroatoms. The molecule has 2 amide bonds. The first kappa shape index (κ1) is 19.4. The largest absolute Gasteiger partial charge is 0.468 e. The maximum absolute atomic E-state index is 13.1. The molecule has 1 fully saturated rings. The monoisotopic (exact) mass is 418 g/mol. The van der Waals surface area contributed by atoms with Gasteiger partial charge in [0.25, 0.3) is 11.8 Å². The molecule has 4 rings (SSSR count). The van der Waals surface area contributed by atoms with E-state index in [4.69, 9.17) is 9.15 Å². The van der Waals surface area contributed by atoms with Crippen LogP contribution in [0.2, 0.25) is 0 Å². The Bertz CT molecular complexity index is 840. The van der Waals surface area contributed by atoms with Gasteiger partial charge in [0.05, 0.1) is 35.7 Å². The van der Waals surface area contributed by atoms with Crippen LogP contribution in [0.25, 0.3) is 5.57 Å². The minimum atomic E-state index is -0.188. The van der Waals surface area contributed by atoms with Crippen LogP contribution in [0.3, 0.4) is 0 Å². The van der Waals surface area contributed by atoms with Crippen LogP contribution in [-0.2, 0) is 20.1 Å². The van der Waals surface area contributed by atoms with Gasteiger partial charge in [0.15, 0.2) is 0 Å². The molecule has 0 N–H and O–H groups in total. The van der Waals surface area contributed by atoms with Crippen molar-refractivity contribution in [1.82, 2.24) is 9.80 Å². The van der Waals surface area contributed by atoms with Crippen LogP contribution in [0.1, 0.15) is 17.1 Å². The Balaban J connectivity index is 1.45. The van der Waals surface area contributed by atoms with Crippen molar-refractivity contribution in [2.45, 2.75) is 12.2 Å². The molecule has 0 aromatic carbocycles. The zero-order chi connectivity index (χ0) is 19.3. The number of thiophene rings is 1. The second-order valence-electron chi connectivity index (χ2n) is 6.62. The summed E-state index contributed by atoms with van der Waals surface area (Å²) in [7, 11) is 0. The number of rotatable bonds is 8. The highest BCUT2D eigenvalue weighted by molar-refractivity contribution is 8.03. The summed E-state index contributed by atoms with van der Waals surface area (Å²) in [6, 6.07) is 7.50. The Morgan fingerprint density at radius 3 is 2.64 bits per heavy atom. The van der Waals surface area contributed by atoms with Crippen LogP contribution in [0.15, 0.2) is 45.2 Å². The normalized spacial score (nSPS) is 18.5. The van der Waals surface area contributed by atoms with E-state index >= 15 is 0 Å². The van der Waals surface area contributed by atoms with Crippen LogP contribution in [-0.4, -0.2) is 61.0 Å². The molecular formula is C20H22N2O4S2. The van der Waals surface area contributed by atoms with Gasteiger partial charge in [0.1, 0.15) is 5.76 Å². The third kappa shape index (κ3) is 4.25. The minimum Gasteiger partial charge on any atom is -0.468 e. The fourth-order valence-corrected chi connectivity index (χ4v) is 5.20. The van der Waals surface area contributed by atoms with E-state index in [0.717, 1.165) is 49.9 Å². The maximum atomic E-state index is 13.1. The van der Waals surface area contributed by atoms with Crippen molar-refractivity contribution in [2.24, 2.45) is 0 Å². The van der Waals surface area contributed by atoms with Crippen molar-refractivity contribution in [3.05, 3.63) is 51.5 Å². The lowest BCUT2D eigenvalue weighted by atomic mass is 10.2. The van der Waals surface area contributed by atoms with Crippen molar-refractivity contribution < 1.29 is 18.7 Å². The Hall–Kier alpha value is -1.87. The molecular weight excluding hydrogens is 396 g/mol. The Labute approximate surface area is 172 Å². The van der Waals surface area contributed by atoms with Crippen molar-refractivity contribution in [2.75, 3.05) is 39.4 Å². The first-order valence-electron chi connectivity index (χ1n) is 9.33. The average molecular weight is 419 g/mol. The van der Waals surface area contributed by atoms with Gasteiger partial charge in [-0.3, -0.25) is 19.4 Å². The van der Waals surface area contributed by atoms with Crippen LogP contribution < -0.4 is 0 Å². The topological polar surface area (TPSA) is 63.0 Å². The van der Waals surface area contributed by atoms with Crippen LogP contribution >= 0.6 is 23.1 Å². The number of amides is 2. The second kappa shape index (κ2) is 9.09. The average Bonchev–Trinajstić information content (AvgIpc) is 3.45. The van der Waals surface area contributed by atoms with Crippen LogP contribution in [0.5, 0.6) is 0 Å². The van der Waals surface area contributed by atoms with E-state index in [1.54, 1.807) is 6.26 Å². The number of morpholine rings is 1. The number of ether oxygens (including phenoxy) is 1. The maximum Gasteiger partial charge on any atom is 0.268 e. The highest BCUT2D eigenvalue weighted by atomic mass is 32.2. The summed E-state index contributed by atoms with van der Waals surface area (Å²) in [6.07, 6.45) is 2.38. The summed E-state index contributed by atoms with van der Waals surface area (Å²) in [5.74, 6) is 0.940. The van der Waals surface area contributed by atoms with Gasteiger partial charge in [-0.05, 0) is 30.0 Å². The molecule has 2 aromatic heterocycles. The molecule has 0 aliphatic carbocycles. The smallest absolute Gasteiger partial charge is 0.268 e. The van der Waals surface area contributed by atoms with Gasteiger partial charge in [-0.1, -0.05) is 6.07 Å². The predicted molar refractivity (Wildman–Crippen MR) is 110 cm³/mol. The molecule has 2 aliphatic heterocycles. The standard InChI is InChI=1S/C20H22N2O4S2/c23-19-17(16-5-2-13-27-16)18(28-14-15-4-1-10-26-15)20(24)22(19)7-3-6-21-8-11-25-12-9-21/h1-2,4-5,10,13H,3,6-9,11-12,14H2. The Morgan fingerprint density at radius 2 is 1.93 bits per heavy atom. The molecule has 0 unspecified atom stereocenters. The zero-order valence-corrected chi connectivity index (χ0v) is 17.1. The van der Waals surface area contributed by atoms with E-state index < -0.39 is 0 Å². The van der Waals surface area contributed by atoms with Gasteiger partial charge in [-0.2, -0.15) is 0 Å². The first-order valence-corrected chi connectivity index (χ1v) is 11.2. The summed E-state index contributed by atoms with van der Waals surface area (Å²) >= 11 is 2.86. The van der Waals surface area contributed by atoms with Crippen molar-refractivity contribution in [1.29, 1.82) is 0 Å². The third-order valence-electron chi connectivity index (χ3n) is 4.79. The van der Waals surface area contributed by atoms with E-state index in [1.165, 1.54) is 28.0 Å². The summed E-state index contributed by atoms with van der Waals surface area (Å²) < 4.78 is 10.7. The van der Waals surface area contributed by atoms with Gasteiger partial charge >= 0.3 is 0 Å². The first-order chi connectivity index (χ1) is 13.7. The van der Waals surface area contributed by atoms with Gasteiger partial charge < -0.3 is 9.15 Å². The van der Waals surface area contributed by atoms with E-state index in [9.17, 15) is 9.59 Å². The third-order valence-corrected chi connectivity index (χ3v) is 6.78. The number of carbonyl (C=O) groups is 2. The summed E-state index contributed by atoms with van der Waals surface area (Å²) in [5, 5.41) is 1.93. The van der Waals surface area contributed by atoms with Gasteiger partial charge in [-0.25, -0.2) is 0 Å². The fourth-order valence-electron chi connectivity index (χ4n) is 3.34. The van der Waals surface area contributed by atoms with Crippen molar-refractivity contribution in [3.63, 3.8) is 0 Å². The lowest BCUT2D eigenvalue weighted by Crippen LogP contribution is -2.39. The van der Waals surface area contributed by atoms with E-state index in [1.807, 2.05) is 29.6 Å². The number of nitrogens with zero attached hydrogens (tertiary/aromatic N) is 2. The minimum absolute atomic E-state index is 0.184. The number of thioether (sulfide) groups is 1. The molecule has 148 valence electrons. The summed E-state index contributed by atoms with van der Waals surface area (Å²) in [4.78, 5) is 31.2. The van der Waals surface area contributed by atoms with Crippen LogP contribution in [0.4, 0.5) is 0 Å². The molecule has 6 nitrogen and oxygen atoms in total. The zero-order valence-electron chi connectivity index (χ0n) is 15.5. The fraction of sp³-hybridized carbons (Fsp3) is 0.400. The van der Waals surface area contributed by atoms with Gasteiger partial charge in [0.2, 0.25) is 0 Å². The number of hydrogen-bond acceptors (Lipinski definition) is 7. The van der Waals surface area contributed by atoms with Gasteiger partial charge in [-0.15, -0.1) is 23.1 Å². The molecule has 0 saturated carbocycles. The molecule has 2 aromatic rings. The van der Waals surface area contributed by atoms with Gasteiger partial charge in [0, 0.05) is 31.1 Å². The Morgan fingerprint density at radius 1 is 1.07 bits per heavy atom. The molecule has 2 aliphatic rings. The number of furan rings is 1. The number of imide groups is 1. The lowest BCUT2D eigenvalue weighted by molar-refractivity contribution is -0.136. The number of carbonyl (C=O) groups excluding carboxylic acids is 2. The van der Waals surface area contributed by atoms with E-state index in [2.05, 4.69) is 4.90 Å². The Kier molecular flexibility index (Phi) is 6.31. The molecule has 0 spiro atoms. The molecule has 28 heavy (non-hydrogen) atoms. The molecule has 0 atom stereocenters. The quantitative estimate of drug-likeness (QED) is 0.614. The highest BCUT2D eigenvalue weighted by Crippen LogP contribution is 2.39. The molecule has 4 heterocycles. The highest BCUT2D eigenvalue weighted by Gasteiger charge is 2.39. The molecule has 0 radical (unpaired) electrons. The molecule has 0 bridgehead atoms. The van der Waals surface area contributed by atoms with E-state index in [0.29, 0.717) is 22.8 Å². The predicted octanol–water partition coefficient (Wildman–Crippen LogP) is 3.08. The lowest BCUT2D eigenvalue weighted by Gasteiger charge is -2.27. The number of hydrogen-bond donors (Lipinski definition) is 0. The van der Waals surface area contributed by atoms with Crippen molar-refractivity contribution >= 4 is 40.5 Å². The van der Waals surface area contributed by atoms with E-state index in [-0.39, 0.29) is 11.8 Å². The molecule has 1 saturated heterocycles.